The van der Waals surface area contributed by atoms with Gasteiger partial charge in [-0.15, -0.1) is 0 Å². The molecule has 0 atom stereocenters. The first-order chi connectivity index (χ1) is 5.38. The van der Waals surface area contributed by atoms with E-state index in [9.17, 15) is 5.21 Å². The predicted molar refractivity (Wildman–Crippen MR) is 42.7 cm³/mol. The predicted octanol–water partition coefficient (Wildman–Crippen LogP) is 1.38. The molecule has 0 aromatic heterocycles. The van der Waals surface area contributed by atoms with E-state index in [1.165, 1.54) is 0 Å². The van der Waals surface area contributed by atoms with Crippen molar-refractivity contribution in [3.63, 3.8) is 0 Å². The molecule has 0 amide bonds. The normalized spacial score (nSPS) is 15.5. The zero-order chi connectivity index (χ0) is 7.68. The molecule has 0 bridgehead atoms. The molecule has 2 rings (SSSR count). The van der Waals surface area contributed by atoms with Crippen molar-refractivity contribution in [2.24, 2.45) is 0 Å². The van der Waals surface area contributed by atoms with Crippen molar-refractivity contribution < 1.29 is 4.74 Å². The number of rotatable bonds is 0. The largest absolute Gasteiger partial charge is 0.758 e. The highest BCUT2D eigenvalue weighted by Gasteiger charge is 2.08. The molecule has 1 aliphatic rings. The number of ether oxygens (including phenoxy) is 1. The quantitative estimate of drug-likeness (QED) is 0.560. The van der Waals surface area contributed by atoms with Crippen LogP contribution in [0.3, 0.4) is 0 Å². The number of para-hydroxylation sites is 2. The number of hydrogen-bond donors (Lipinski definition) is 0. The zero-order valence-electron chi connectivity index (χ0n) is 5.99. The van der Waals surface area contributed by atoms with Gasteiger partial charge in [-0.05, 0) is 12.1 Å². The Kier molecular flexibility index (Phi) is 1.43. The Hall–Kier alpha value is -1.22. The van der Waals surface area contributed by atoms with Gasteiger partial charge in [0, 0.05) is 6.54 Å². The van der Waals surface area contributed by atoms with Crippen molar-refractivity contribution in [1.82, 2.24) is 0 Å². The molecule has 1 aliphatic heterocycles. The van der Waals surface area contributed by atoms with Gasteiger partial charge in [0.05, 0.1) is 5.69 Å². The minimum atomic E-state index is 0.428. The Morgan fingerprint density at radius 3 is 3.00 bits per heavy atom. The minimum absolute atomic E-state index is 0.428. The molecule has 0 N–H and O–H groups in total. The monoisotopic (exact) mass is 150 g/mol. The second-order valence-electron chi connectivity index (χ2n) is 2.42. The third-order valence-electron chi connectivity index (χ3n) is 1.69. The topological polar surface area (TPSA) is 35.5 Å². The molecule has 1 aromatic carbocycles. The van der Waals surface area contributed by atoms with E-state index < -0.39 is 0 Å². The molecular weight excluding hydrogens is 142 g/mol. The lowest BCUT2D eigenvalue weighted by molar-refractivity contribution is 0.313. The average molecular weight is 150 g/mol. The van der Waals surface area contributed by atoms with Gasteiger partial charge in [-0.3, -0.25) is 0 Å². The minimum Gasteiger partial charge on any atom is -0.758 e. The van der Waals surface area contributed by atoms with E-state index in [-0.39, 0.29) is 0 Å². The molecule has 0 saturated carbocycles. The number of anilines is 1. The summed E-state index contributed by atoms with van der Waals surface area (Å²) in [5.41, 5.74) is 0.638. The Balaban J connectivity index is 2.44. The molecule has 58 valence electrons. The van der Waals surface area contributed by atoms with E-state index in [2.05, 4.69) is 0 Å². The van der Waals surface area contributed by atoms with E-state index >= 15 is 0 Å². The summed E-state index contributed by atoms with van der Waals surface area (Å²) in [6, 6.07) is 7.26. The van der Waals surface area contributed by atoms with Crippen LogP contribution in [-0.4, -0.2) is 13.2 Å². The lowest BCUT2D eigenvalue weighted by Crippen LogP contribution is -2.26. The van der Waals surface area contributed by atoms with Gasteiger partial charge in [0.15, 0.2) is 0 Å². The summed E-state index contributed by atoms with van der Waals surface area (Å²) in [7, 11) is 0. The van der Waals surface area contributed by atoms with Gasteiger partial charge >= 0.3 is 0 Å². The van der Waals surface area contributed by atoms with Crippen LogP contribution in [0.4, 0.5) is 5.69 Å². The van der Waals surface area contributed by atoms with E-state index in [1.54, 1.807) is 12.1 Å². The molecule has 0 unspecified atom stereocenters. The van der Waals surface area contributed by atoms with Gasteiger partial charge in [0.1, 0.15) is 12.4 Å². The van der Waals surface area contributed by atoms with Crippen molar-refractivity contribution >= 4 is 5.69 Å². The molecule has 0 saturated heterocycles. The highest BCUT2D eigenvalue weighted by atomic mass is 16.5. The summed E-state index contributed by atoms with van der Waals surface area (Å²) >= 11 is 0. The second kappa shape index (κ2) is 2.43. The van der Waals surface area contributed by atoms with Crippen molar-refractivity contribution in [1.29, 1.82) is 0 Å². The summed E-state index contributed by atoms with van der Waals surface area (Å²) in [5, 5.41) is 12.1. The first-order valence-corrected chi connectivity index (χ1v) is 3.54. The van der Waals surface area contributed by atoms with Gasteiger partial charge in [-0.25, -0.2) is 0 Å². The lowest BCUT2D eigenvalue weighted by Gasteiger charge is -2.35. The van der Waals surface area contributed by atoms with Crippen LogP contribution in [0.5, 0.6) is 5.75 Å². The van der Waals surface area contributed by atoms with Crippen LogP contribution in [-0.2, 0) is 0 Å². The Morgan fingerprint density at radius 1 is 1.36 bits per heavy atom. The van der Waals surface area contributed by atoms with Crippen molar-refractivity contribution in [2.45, 2.75) is 0 Å². The molecular formula is C8H8NO2-. The summed E-state index contributed by atoms with van der Waals surface area (Å²) in [5.74, 6) is 0.689. The van der Waals surface area contributed by atoms with E-state index in [1.807, 2.05) is 12.1 Å². The van der Waals surface area contributed by atoms with Gasteiger partial charge in [-0.2, -0.15) is 0 Å². The third-order valence-corrected chi connectivity index (χ3v) is 1.69. The highest BCUT2D eigenvalue weighted by molar-refractivity contribution is 5.60. The fourth-order valence-corrected chi connectivity index (χ4v) is 1.14. The number of benzene rings is 1. The maximum absolute atomic E-state index is 11.1. The molecule has 0 radical (unpaired) electrons. The Morgan fingerprint density at radius 2 is 2.18 bits per heavy atom. The molecule has 1 heterocycles. The first-order valence-electron chi connectivity index (χ1n) is 3.54. The maximum atomic E-state index is 11.1. The molecule has 1 aromatic rings. The molecule has 0 aliphatic carbocycles. The molecule has 3 nitrogen and oxygen atoms in total. The molecule has 11 heavy (non-hydrogen) atoms. The van der Waals surface area contributed by atoms with Crippen LogP contribution in [0.2, 0.25) is 0 Å². The van der Waals surface area contributed by atoms with E-state index in [0.717, 1.165) is 5.06 Å². The number of hydrogen-bond acceptors (Lipinski definition) is 3. The molecule has 3 heteroatoms. The Bertz CT molecular complexity index is 262. The Labute approximate surface area is 64.8 Å². The van der Waals surface area contributed by atoms with Gasteiger partial charge in [0.25, 0.3) is 0 Å². The maximum Gasteiger partial charge on any atom is 0.141 e. The summed E-state index contributed by atoms with van der Waals surface area (Å²) < 4.78 is 5.25. The summed E-state index contributed by atoms with van der Waals surface area (Å²) in [6.45, 7) is 0.914. The van der Waals surface area contributed by atoms with Gasteiger partial charge in [0.2, 0.25) is 0 Å². The summed E-state index contributed by atoms with van der Waals surface area (Å²) in [4.78, 5) is 0. The van der Waals surface area contributed by atoms with Crippen molar-refractivity contribution in [2.75, 3.05) is 18.2 Å². The highest BCUT2D eigenvalue weighted by Crippen LogP contribution is 2.29. The van der Waals surface area contributed by atoms with Crippen LogP contribution in [0.1, 0.15) is 0 Å². The standard InChI is InChI=1S/C8H8NO2/c10-9-5-6-11-8-4-2-1-3-7(8)9/h1-4H,5-6H2/q-1. The van der Waals surface area contributed by atoms with Crippen molar-refractivity contribution in [3.05, 3.63) is 29.5 Å². The van der Waals surface area contributed by atoms with E-state index in [0.29, 0.717) is 24.6 Å². The lowest BCUT2D eigenvalue weighted by atomic mass is 10.2. The first kappa shape index (κ1) is 6.49. The van der Waals surface area contributed by atoms with Crippen LogP contribution in [0.25, 0.3) is 0 Å². The molecule has 0 spiro atoms. The number of nitrogens with zero attached hydrogens (tertiary/aromatic N) is 1. The van der Waals surface area contributed by atoms with Crippen molar-refractivity contribution in [3.8, 4) is 5.75 Å². The number of fused-ring (bicyclic) bond motifs is 1. The third kappa shape index (κ3) is 1.03. The number of hydroxylamine groups is 1. The summed E-state index contributed by atoms with van der Waals surface area (Å²) in [6.07, 6.45) is 0. The van der Waals surface area contributed by atoms with Crippen LogP contribution >= 0.6 is 0 Å². The zero-order valence-corrected chi connectivity index (χ0v) is 5.99. The smallest absolute Gasteiger partial charge is 0.141 e. The van der Waals surface area contributed by atoms with Crippen LogP contribution in [0, 0.1) is 5.21 Å². The van der Waals surface area contributed by atoms with Crippen LogP contribution in [0.15, 0.2) is 24.3 Å². The SMILES string of the molecule is [O-]N1CCOc2ccccc21. The van der Waals surface area contributed by atoms with E-state index in [4.69, 9.17) is 4.74 Å². The van der Waals surface area contributed by atoms with Gasteiger partial charge in [-0.1, -0.05) is 12.1 Å². The fraction of sp³-hybridized carbons (Fsp3) is 0.250. The fourth-order valence-electron chi connectivity index (χ4n) is 1.14. The van der Waals surface area contributed by atoms with Gasteiger partial charge < -0.3 is 15.0 Å². The van der Waals surface area contributed by atoms with Crippen LogP contribution < -0.4 is 9.80 Å². The average Bonchev–Trinajstić information content (AvgIpc) is 2.06. The molecule has 0 fully saturated rings. The second-order valence-corrected chi connectivity index (χ2v) is 2.42.